The molecule has 0 aliphatic carbocycles. The maximum absolute atomic E-state index is 5.96. The summed E-state index contributed by atoms with van der Waals surface area (Å²) in [6, 6.07) is 0.314. The Morgan fingerprint density at radius 1 is 1.54 bits per heavy atom. The number of nitrogens with zero attached hydrogens (tertiary/aromatic N) is 2. The molecule has 0 saturated carbocycles. The molecule has 0 aromatic carbocycles. The second-order valence-electron chi connectivity index (χ2n) is 4.14. The topological polar surface area (TPSA) is 53.6 Å². The molecule has 0 amide bonds. The summed E-state index contributed by atoms with van der Waals surface area (Å²) in [5, 5.41) is 3.29. The Hall–Kier alpha value is -0.770. The highest BCUT2D eigenvalue weighted by atomic mass is 15.3. The monoisotopic (exact) mass is 182 g/mol. The fourth-order valence-corrected chi connectivity index (χ4v) is 2.17. The van der Waals surface area contributed by atoms with E-state index in [1.165, 1.54) is 0 Å². The van der Waals surface area contributed by atoms with E-state index in [1.54, 1.807) is 0 Å². The first kappa shape index (κ1) is 8.81. The third-order valence-corrected chi connectivity index (χ3v) is 2.65. The summed E-state index contributed by atoms with van der Waals surface area (Å²) >= 11 is 0. The van der Waals surface area contributed by atoms with Crippen molar-refractivity contribution in [2.75, 3.05) is 26.2 Å². The molecule has 2 rings (SSSR count). The van der Waals surface area contributed by atoms with Crippen LogP contribution in [-0.2, 0) is 0 Å². The van der Waals surface area contributed by atoms with E-state index >= 15 is 0 Å². The maximum Gasteiger partial charge on any atom is 0.194 e. The summed E-state index contributed by atoms with van der Waals surface area (Å²) in [5.74, 6) is 1.75. The summed E-state index contributed by atoms with van der Waals surface area (Å²) in [4.78, 5) is 6.69. The molecule has 3 N–H and O–H groups in total. The molecule has 4 heteroatoms. The van der Waals surface area contributed by atoms with Crippen molar-refractivity contribution in [2.24, 2.45) is 16.6 Å². The third-order valence-electron chi connectivity index (χ3n) is 2.65. The van der Waals surface area contributed by atoms with Gasteiger partial charge in [-0.1, -0.05) is 6.92 Å². The lowest BCUT2D eigenvalue weighted by Crippen LogP contribution is -2.51. The van der Waals surface area contributed by atoms with Crippen LogP contribution >= 0.6 is 0 Å². The van der Waals surface area contributed by atoms with Gasteiger partial charge in [0.15, 0.2) is 5.96 Å². The molecule has 2 heterocycles. The standard InChI is InChI=1S/C9H18N4/c1-7-4-8(10)6-13(5-7)9-11-2-3-12-9/h7-8H,2-6,10H2,1H3,(H,11,12). The number of aliphatic imine (C=N–C) groups is 1. The van der Waals surface area contributed by atoms with Gasteiger partial charge in [-0.2, -0.15) is 0 Å². The summed E-state index contributed by atoms with van der Waals surface area (Å²) in [6.07, 6.45) is 1.14. The molecule has 0 radical (unpaired) electrons. The van der Waals surface area contributed by atoms with E-state index in [4.69, 9.17) is 5.73 Å². The van der Waals surface area contributed by atoms with E-state index in [1.807, 2.05) is 0 Å². The lowest BCUT2D eigenvalue weighted by molar-refractivity contribution is 0.242. The van der Waals surface area contributed by atoms with Crippen LogP contribution in [0.1, 0.15) is 13.3 Å². The van der Waals surface area contributed by atoms with Crippen molar-refractivity contribution in [3.8, 4) is 0 Å². The molecule has 2 aliphatic heterocycles. The van der Waals surface area contributed by atoms with Gasteiger partial charge in [-0.15, -0.1) is 0 Å². The molecule has 1 fully saturated rings. The summed E-state index contributed by atoms with van der Waals surface area (Å²) < 4.78 is 0. The summed E-state index contributed by atoms with van der Waals surface area (Å²) in [5.41, 5.74) is 5.96. The zero-order valence-corrected chi connectivity index (χ0v) is 8.16. The number of guanidine groups is 1. The fourth-order valence-electron chi connectivity index (χ4n) is 2.17. The van der Waals surface area contributed by atoms with Crippen LogP contribution in [0.3, 0.4) is 0 Å². The molecule has 4 nitrogen and oxygen atoms in total. The van der Waals surface area contributed by atoms with Gasteiger partial charge in [0.05, 0.1) is 6.54 Å². The van der Waals surface area contributed by atoms with Crippen LogP contribution in [-0.4, -0.2) is 43.1 Å². The third kappa shape index (κ3) is 1.94. The number of hydrogen-bond acceptors (Lipinski definition) is 4. The molecular weight excluding hydrogens is 164 g/mol. The second kappa shape index (κ2) is 3.54. The Morgan fingerprint density at radius 3 is 3.00 bits per heavy atom. The van der Waals surface area contributed by atoms with E-state index in [0.29, 0.717) is 12.0 Å². The van der Waals surface area contributed by atoms with E-state index in [0.717, 1.165) is 38.6 Å². The first-order valence-electron chi connectivity index (χ1n) is 5.04. The molecule has 13 heavy (non-hydrogen) atoms. The van der Waals surface area contributed by atoms with Gasteiger partial charge in [0.25, 0.3) is 0 Å². The highest BCUT2D eigenvalue weighted by molar-refractivity contribution is 5.81. The van der Waals surface area contributed by atoms with Crippen molar-refractivity contribution in [2.45, 2.75) is 19.4 Å². The quantitative estimate of drug-likeness (QED) is 0.537. The largest absolute Gasteiger partial charge is 0.354 e. The number of hydrogen-bond donors (Lipinski definition) is 2. The van der Waals surface area contributed by atoms with Crippen molar-refractivity contribution in [1.29, 1.82) is 0 Å². The second-order valence-corrected chi connectivity index (χ2v) is 4.14. The van der Waals surface area contributed by atoms with Crippen LogP contribution in [0.25, 0.3) is 0 Å². The fraction of sp³-hybridized carbons (Fsp3) is 0.889. The van der Waals surface area contributed by atoms with Gasteiger partial charge in [0.2, 0.25) is 0 Å². The van der Waals surface area contributed by atoms with Crippen molar-refractivity contribution >= 4 is 5.96 Å². The van der Waals surface area contributed by atoms with Gasteiger partial charge in [0.1, 0.15) is 0 Å². The molecule has 2 unspecified atom stereocenters. The SMILES string of the molecule is CC1CC(N)CN(C2=NCCN2)C1. The van der Waals surface area contributed by atoms with E-state index in [9.17, 15) is 0 Å². The maximum atomic E-state index is 5.96. The minimum absolute atomic E-state index is 0.314. The summed E-state index contributed by atoms with van der Waals surface area (Å²) in [7, 11) is 0. The Bertz CT molecular complexity index is 204. The Kier molecular flexibility index (Phi) is 2.40. The normalized spacial score (nSPS) is 34.3. The number of rotatable bonds is 0. The molecule has 74 valence electrons. The highest BCUT2D eigenvalue weighted by Gasteiger charge is 2.25. The first-order chi connectivity index (χ1) is 6.25. The molecular formula is C9H18N4. The van der Waals surface area contributed by atoms with E-state index in [2.05, 4.69) is 22.1 Å². The van der Waals surface area contributed by atoms with Crippen LogP contribution in [0, 0.1) is 5.92 Å². The Morgan fingerprint density at radius 2 is 2.38 bits per heavy atom. The van der Waals surface area contributed by atoms with Gasteiger partial charge >= 0.3 is 0 Å². The summed E-state index contributed by atoms with van der Waals surface area (Å²) in [6.45, 7) is 6.20. The average molecular weight is 182 g/mol. The Balaban J connectivity index is 1.98. The minimum Gasteiger partial charge on any atom is -0.354 e. The van der Waals surface area contributed by atoms with E-state index in [-0.39, 0.29) is 0 Å². The van der Waals surface area contributed by atoms with Gasteiger partial charge in [0, 0.05) is 25.7 Å². The number of nitrogens with one attached hydrogen (secondary N) is 1. The molecule has 1 saturated heterocycles. The van der Waals surface area contributed by atoms with Crippen molar-refractivity contribution < 1.29 is 0 Å². The van der Waals surface area contributed by atoms with Crippen LogP contribution in [0.5, 0.6) is 0 Å². The smallest absolute Gasteiger partial charge is 0.194 e. The van der Waals surface area contributed by atoms with Crippen LogP contribution in [0.2, 0.25) is 0 Å². The molecule has 0 bridgehead atoms. The number of piperidine rings is 1. The van der Waals surface area contributed by atoms with Crippen molar-refractivity contribution in [3.63, 3.8) is 0 Å². The minimum atomic E-state index is 0.314. The molecule has 2 atom stereocenters. The molecule has 2 aliphatic rings. The predicted octanol–water partition coefficient (Wildman–Crippen LogP) is -0.385. The zero-order valence-electron chi connectivity index (χ0n) is 8.16. The molecule has 0 aromatic heterocycles. The first-order valence-corrected chi connectivity index (χ1v) is 5.04. The van der Waals surface area contributed by atoms with Crippen molar-refractivity contribution in [1.82, 2.24) is 10.2 Å². The van der Waals surface area contributed by atoms with E-state index < -0.39 is 0 Å². The highest BCUT2D eigenvalue weighted by Crippen LogP contribution is 2.15. The zero-order chi connectivity index (χ0) is 9.26. The number of nitrogens with two attached hydrogens (primary N) is 1. The lowest BCUT2D eigenvalue weighted by Gasteiger charge is -2.35. The van der Waals surface area contributed by atoms with Gasteiger partial charge in [-0.25, -0.2) is 0 Å². The molecule has 0 spiro atoms. The van der Waals surface area contributed by atoms with Crippen LogP contribution < -0.4 is 11.1 Å². The average Bonchev–Trinajstić information content (AvgIpc) is 2.53. The number of likely N-dealkylation sites (tertiary alicyclic amines) is 1. The van der Waals surface area contributed by atoms with Gasteiger partial charge in [-0.3, -0.25) is 4.99 Å². The van der Waals surface area contributed by atoms with Gasteiger partial charge < -0.3 is 16.0 Å². The van der Waals surface area contributed by atoms with Gasteiger partial charge in [-0.05, 0) is 12.3 Å². The van der Waals surface area contributed by atoms with Crippen molar-refractivity contribution in [3.05, 3.63) is 0 Å². The van der Waals surface area contributed by atoms with Crippen LogP contribution in [0.15, 0.2) is 4.99 Å². The predicted molar refractivity (Wildman–Crippen MR) is 53.6 cm³/mol. The van der Waals surface area contributed by atoms with Crippen LogP contribution in [0.4, 0.5) is 0 Å². The lowest BCUT2D eigenvalue weighted by atomic mass is 9.97. The Labute approximate surface area is 79.2 Å². The molecule has 0 aromatic rings.